The summed E-state index contributed by atoms with van der Waals surface area (Å²) < 4.78 is 0. The summed E-state index contributed by atoms with van der Waals surface area (Å²) in [6, 6.07) is 0. The van der Waals surface area contributed by atoms with Crippen LogP contribution in [0.4, 0.5) is 0 Å². The molecule has 0 aliphatic carbocycles. The molecule has 0 heterocycles. The number of hydrogen-bond acceptors (Lipinski definition) is 4. The highest BCUT2D eigenvalue weighted by Crippen LogP contribution is 2.12. The minimum absolute atomic E-state index is 0.548. The first-order chi connectivity index (χ1) is 7.15. The van der Waals surface area contributed by atoms with Gasteiger partial charge in [-0.1, -0.05) is 13.8 Å². The van der Waals surface area contributed by atoms with Crippen LogP contribution in [-0.2, 0) is 0 Å². The van der Waals surface area contributed by atoms with E-state index >= 15 is 0 Å². The molecule has 4 nitrogen and oxygen atoms in total. The standard InChI is InChI=1S/C11H20N4/c1-9(2)7-10(8-15-12)11(14-4)5-6-13-3/h5-6,8-9,15H,3,7,12H2,1-2,4H3/b6-5-,10-8+,14-11+. The maximum atomic E-state index is 5.29. The third-order valence-corrected chi connectivity index (χ3v) is 1.79. The molecule has 4 heteroatoms. The second-order valence-corrected chi connectivity index (χ2v) is 3.54. The minimum Gasteiger partial charge on any atom is -0.331 e. The second-order valence-electron chi connectivity index (χ2n) is 3.54. The fourth-order valence-corrected chi connectivity index (χ4v) is 1.23. The predicted molar refractivity (Wildman–Crippen MR) is 66.9 cm³/mol. The molecule has 0 saturated heterocycles. The molecule has 0 atom stereocenters. The molecule has 0 bridgehead atoms. The molecule has 84 valence electrons. The van der Waals surface area contributed by atoms with E-state index in [-0.39, 0.29) is 0 Å². The van der Waals surface area contributed by atoms with Crippen molar-refractivity contribution < 1.29 is 0 Å². The lowest BCUT2D eigenvalue weighted by molar-refractivity contribution is 0.650. The Morgan fingerprint density at radius 3 is 2.60 bits per heavy atom. The van der Waals surface area contributed by atoms with Crippen molar-refractivity contribution >= 4 is 12.4 Å². The molecule has 0 aromatic heterocycles. The average Bonchev–Trinajstić information content (AvgIpc) is 2.18. The summed E-state index contributed by atoms with van der Waals surface area (Å²) in [7, 11) is 1.74. The average molecular weight is 208 g/mol. The largest absolute Gasteiger partial charge is 0.331 e. The van der Waals surface area contributed by atoms with Crippen molar-refractivity contribution in [2.24, 2.45) is 21.7 Å². The van der Waals surface area contributed by atoms with Gasteiger partial charge in [0.15, 0.2) is 0 Å². The van der Waals surface area contributed by atoms with Crippen molar-refractivity contribution in [2.45, 2.75) is 20.3 Å². The molecular weight excluding hydrogens is 188 g/mol. The third-order valence-electron chi connectivity index (χ3n) is 1.79. The number of hydrogen-bond donors (Lipinski definition) is 2. The van der Waals surface area contributed by atoms with Gasteiger partial charge in [0.05, 0.1) is 5.71 Å². The van der Waals surface area contributed by atoms with E-state index < -0.39 is 0 Å². The molecule has 3 N–H and O–H groups in total. The molecule has 0 spiro atoms. The molecule has 0 aromatic rings. The summed E-state index contributed by atoms with van der Waals surface area (Å²) in [5, 5.41) is 0. The van der Waals surface area contributed by atoms with E-state index in [2.05, 4.69) is 36.0 Å². The quantitative estimate of drug-likeness (QED) is 0.396. The normalized spacial score (nSPS) is 13.7. The van der Waals surface area contributed by atoms with Crippen molar-refractivity contribution in [1.82, 2.24) is 5.43 Å². The number of hydrazine groups is 1. The van der Waals surface area contributed by atoms with Crippen LogP contribution in [0.5, 0.6) is 0 Å². The van der Waals surface area contributed by atoms with Crippen molar-refractivity contribution in [3.05, 3.63) is 24.0 Å². The predicted octanol–water partition coefficient (Wildman–Crippen LogP) is 1.66. The number of nitrogens with two attached hydrogens (primary N) is 1. The Kier molecular flexibility index (Phi) is 7.18. The zero-order chi connectivity index (χ0) is 11.7. The van der Waals surface area contributed by atoms with Crippen LogP contribution < -0.4 is 11.3 Å². The first-order valence-electron chi connectivity index (χ1n) is 4.90. The number of nitrogens with zero attached hydrogens (tertiary/aromatic N) is 2. The maximum absolute atomic E-state index is 5.29. The minimum atomic E-state index is 0.548. The van der Waals surface area contributed by atoms with E-state index in [1.807, 2.05) is 6.08 Å². The Labute approximate surface area is 91.7 Å². The Bertz CT molecular complexity index is 274. The van der Waals surface area contributed by atoms with Crippen LogP contribution in [0.3, 0.4) is 0 Å². The Morgan fingerprint density at radius 1 is 1.53 bits per heavy atom. The van der Waals surface area contributed by atoms with Crippen LogP contribution in [0.25, 0.3) is 0 Å². The zero-order valence-corrected chi connectivity index (χ0v) is 9.70. The number of rotatable bonds is 6. The molecule has 0 fully saturated rings. The lowest BCUT2D eigenvalue weighted by Crippen LogP contribution is -2.17. The highest BCUT2D eigenvalue weighted by molar-refractivity contribution is 6.08. The molecule has 0 unspecified atom stereocenters. The van der Waals surface area contributed by atoms with E-state index in [4.69, 9.17) is 5.84 Å². The van der Waals surface area contributed by atoms with Crippen LogP contribution in [0.2, 0.25) is 0 Å². The molecule has 0 radical (unpaired) electrons. The molecule has 0 amide bonds. The van der Waals surface area contributed by atoms with Crippen molar-refractivity contribution in [3.63, 3.8) is 0 Å². The van der Waals surface area contributed by atoms with Crippen molar-refractivity contribution in [2.75, 3.05) is 7.05 Å². The highest BCUT2D eigenvalue weighted by atomic mass is 15.2. The van der Waals surface area contributed by atoms with E-state index in [9.17, 15) is 0 Å². The van der Waals surface area contributed by atoms with E-state index in [1.165, 1.54) is 0 Å². The number of nitrogens with one attached hydrogen (secondary N) is 1. The Morgan fingerprint density at radius 2 is 2.20 bits per heavy atom. The van der Waals surface area contributed by atoms with Gasteiger partial charge >= 0.3 is 0 Å². The first-order valence-corrected chi connectivity index (χ1v) is 4.90. The molecule has 0 saturated carbocycles. The van der Waals surface area contributed by atoms with Gasteiger partial charge in [-0.05, 0) is 30.7 Å². The first kappa shape index (κ1) is 13.6. The molecular formula is C11H20N4. The highest BCUT2D eigenvalue weighted by Gasteiger charge is 2.05. The third kappa shape index (κ3) is 5.80. The topological polar surface area (TPSA) is 62.8 Å². The maximum Gasteiger partial charge on any atom is 0.0633 e. The monoisotopic (exact) mass is 208 g/mol. The Hall–Kier alpha value is -1.42. The molecule has 0 aliphatic heterocycles. The van der Waals surface area contributed by atoms with Gasteiger partial charge in [-0.25, -0.2) is 0 Å². The van der Waals surface area contributed by atoms with Crippen LogP contribution in [0, 0.1) is 5.92 Å². The fourth-order valence-electron chi connectivity index (χ4n) is 1.23. The lowest BCUT2D eigenvalue weighted by Gasteiger charge is -2.09. The van der Waals surface area contributed by atoms with E-state index in [0.29, 0.717) is 5.92 Å². The summed E-state index contributed by atoms with van der Waals surface area (Å²) in [6.07, 6.45) is 6.11. The Balaban J connectivity index is 4.80. The summed E-state index contributed by atoms with van der Waals surface area (Å²) in [4.78, 5) is 7.83. The lowest BCUT2D eigenvalue weighted by atomic mass is 10.00. The summed E-state index contributed by atoms with van der Waals surface area (Å²) in [6.45, 7) is 7.67. The smallest absolute Gasteiger partial charge is 0.0633 e. The molecule has 15 heavy (non-hydrogen) atoms. The molecule has 0 aliphatic rings. The summed E-state index contributed by atoms with van der Waals surface area (Å²) in [5.74, 6) is 5.83. The summed E-state index contributed by atoms with van der Waals surface area (Å²) in [5.41, 5.74) is 4.48. The van der Waals surface area contributed by atoms with Crippen molar-refractivity contribution in [3.8, 4) is 0 Å². The van der Waals surface area contributed by atoms with Gasteiger partial charge in [-0.2, -0.15) is 0 Å². The fraction of sp³-hybridized carbons (Fsp3) is 0.455. The van der Waals surface area contributed by atoms with Gasteiger partial charge in [0.25, 0.3) is 0 Å². The van der Waals surface area contributed by atoms with Gasteiger partial charge in [0.2, 0.25) is 0 Å². The summed E-state index contributed by atoms with van der Waals surface area (Å²) >= 11 is 0. The van der Waals surface area contributed by atoms with E-state index in [0.717, 1.165) is 17.7 Å². The van der Waals surface area contributed by atoms with Gasteiger partial charge in [-0.3, -0.25) is 15.8 Å². The number of allylic oxidation sites excluding steroid dienone is 2. The molecule has 0 aromatic carbocycles. The van der Waals surface area contributed by atoms with Crippen LogP contribution in [-0.4, -0.2) is 19.5 Å². The zero-order valence-electron chi connectivity index (χ0n) is 9.70. The van der Waals surface area contributed by atoms with Gasteiger partial charge in [-0.15, -0.1) is 0 Å². The van der Waals surface area contributed by atoms with Crippen LogP contribution >= 0.6 is 0 Å². The molecule has 0 rings (SSSR count). The van der Waals surface area contributed by atoms with Crippen LogP contribution in [0.15, 0.2) is 34.0 Å². The van der Waals surface area contributed by atoms with Crippen molar-refractivity contribution in [1.29, 1.82) is 0 Å². The van der Waals surface area contributed by atoms with Gasteiger partial charge < -0.3 is 5.43 Å². The van der Waals surface area contributed by atoms with Gasteiger partial charge in [0, 0.05) is 19.4 Å². The van der Waals surface area contributed by atoms with Crippen LogP contribution in [0.1, 0.15) is 20.3 Å². The number of aliphatic imine (C=N–C) groups is 2. The van der Waals surface area contributed by atoms with E-state index in [1.54, 1.807) is 19.4 Å². The second kappa shape index (κ2) is 7.94. The SMILES string of the molecule is C=N\C=C/C(=N\C)C(=C/NN)/CC(C)C. The van der Waals surface area contributed by atoms with Gasteiger partial charge in [0.1, 0.15) is 0 Å².